The maximum absolute atomic E-state index is 13.0. The van der Waals surface area contributed by atoms with Crippen LogP contribution in [0.1, 0.15) is 16.2 Å². The van der Waals surface area contributed by atoms with E-state index < -0.39 is 0 Å². The van der Waals surface area contributed by atoms with Crippen molar-refractivity contribution < 1.29 is 14.3 Å². The summed E-state index contributed by atoms with van der Waals surface area (Å²) < 4.78 is 12.5. The van der Waals surface area contributed by atoms with E-state index in [1.54, 1.807) is 32.4 Å². The molecule has 0 aliphatic carbocycles. The lowest BCUT2D eigenvalue weighted by Gasteiger charge is -2.35. The fourth-order valence-corrected chi connectivity index (χ4v) is 3.57. The van der Waals surface area contributed by atoms with Gasteiger partial charge in [-0.2, -0.15) is 0 Å². The molecule has 30 heavy (non-hydrogen) atoms. The Kier molecular flexibility index (Phi) is 5.56. The number of aromatic nitrogens is 3. The first-order chi connectivity index (χ1) is 14.6. The monoisotopic (exact) mass is 407 g/mol. The lowest BCUT2D eigenvalue weighted by Crippen LogP contribution is -2.49. The van der Waals surface area contributed by atoms with Gasteiger partial charge in [0.1, 0.15) is 29.0 Å². The van der Waals surface area contributed by atoms with E-state index in [9.17, 15) is 4.79 Å². The molecule has 1 aromatic carbocycles. The molecule has 0 N–H and O–H groups in total. The van der Waals surface area contributed by atoms with E-state index >= 15 is 0 Å². The SMILES string of the molecule is COc1cc(OC)cc(C(=O)N2CCN(c3cc(-n4cccc4)nc(C)n3)CC2)c1. The summed E-state index contributed by atoms with van der Waals surface area (Å²) in [5, 5.41) is 0. The molecule has 8 heteroatoms. The zero-order chi connectivity index (χ0) is 21.1. The topological polar surface area (TPSA) is 72.7 Å². The van der Waals surface area contributed by atoms with Gasteiger partial charge < -0.3 is 23.8 Å². The number of carbonyl (C=O) groups is 1. The molecule has 1 saturated heterocycles. The van der Waals surface area contributed by atoms with Crippen molar-refractivity contribution in [2.24, 2.45) is 0 Å². The summed E-state index contributed by atoms with van der Waals surface area (Å²) in [5.41, 5.74) is 0.562. The van der Waals surface area contributed by atoms with Crippen LogP contribution in [0, 0.1) is 6.92 Å². The van der Waals surface area contributed by atoms with Crippen molar-refractivity contribution in [1.29, 1.82) is 0 Å². The van der Waals surface area contributed by atoms with Gasteiger partial charge in [-0.05, 0) is 31.2 Å². The summed E-state index contributed by atoms with van der Waals surface area (Å²) in [7, 11) is 3.15. The van der Waals surface area contributed by atoms with E-state index in [4.69, 9.17) is 9.47 Å². The average molecular weight is 407 g/mol. The Bertz CT molecular complexity index is 1010. The number of piperazine rings is 1. The van der Waals surface area contributed by atoms with Crippen molar-refractivity contribution in [3.63, 3.8) is 0 Å². The van der Waals surface area contributed by atoms with Crippen LogP contribution in [0.5, 0.6) is 11.5 Å². The molecule has 0 atom stereocenters. The standard InChI is InChI=1S/C22H25N5O3/c1-16-23-20(25-6-4-5-7-25)15-21(24-16)26-8-10-27(11-9-26)22(28)17-12-18(29-2)14-19(13-17)30-3/h4-7,12-15H,8-11H2,1-3H3. The Morgan fingerprint density at radius 3 is 2.07 bits per heavy atom. The second-order valence-electron chi connectivity index (χ2n) is 7.10. The Hall–Kier alpha value is -3.55. The Morgan fingerprint density at radius 2 is 1.47 bits per heavy atom. The zero-order valence-corrected chi connectivity index (χ0v) is 17.4. The predicted octanol–water partition coefficient (Wildman–Crippen LogP) is 2.56. The number of amides is 1. The summed E-state index contributed by atoms with van der Waals surface area (Å²) >= 11 is 0. The lowest BCUT2D eigenvalue weighted by molar-refractivity contribution is 0.0745. The number of carbonyl (C=O) groups excluding carboxylic acids is 1. The Morgan fingerprint density at radius 1 is 0.867 bits per heavy atom. The van der Waals surface area contributed by atoms with Gasteiger partial charge in [0.15, 0.2) is 0 Å². The van der Waals surface area contributed by atoms with Gasteiger partial charge in [-0.1, -0.05) is 0 Å². The van der Waals surface area contributed by atoms with Crippen molar-refractivity contribution in [1.82, 2.24) is 19.4 Å². The van der Waals surface area contributed by atoms with Crippen molar-refractivity contribution >= 4 is 11.7 Å². The number of anilines is 1. The summed E-state index contributed by atoms with van der Waals surface area (Å²) in [6, 6.07) is 11.2. The summed E-state index contributed by atoms with van der Waals surface area (Å²) in [6.45, 7) is 4.52. The molecule has 3 heterocycles. The minimum absolute atomic E-state index is 0.0289. The van der Waals surface area contributed by atoms with Gasteiger partial charge in [-0.3, -0.25) is 4.79 Å². The van der Waals surface area contributed by atoms with Gasteiger partial charge in [-0.15, -0.1) is 0 Å². The van der Waals surface area contributed by atoms with Crippen molar-refractivity contribution in [2.75, 3.05) is 45.3 Å². The van der Waals surface area contributed by atoms with Crippen molar-refractivity contribution in [2.45, 2.75) is 6.92 Å². The van der Waals surface area contributed by atoms with E-state index in [0.29, 0.717) is 43.2 Å². The molecule has 1 aliphatic rings. The van der Waals surface area contributed by atoms with Crippen LogP contribution in [0.3, 0.4) is 0 Å². The zero-order valence-electron chi connectivity index (χ0n) is 17.4. The maximum Gasteiger partial charge on any atom is 0.254 e. The van der Waals surface area contributed by atoms with Gasteiger partial charge >= 0.3 is 0 Å². The second kappa shape index (κ2) is 8.44. The molecule has 2 aromatic heterocycles. The fraction of sp³-hybridized carbons (Fsp3) is 0.318. The number of hydrogen-bond acceptors (Lipinski definition) is 6. The maximum atomic E-state index is 13.0. The minimum atomic E-state index is -0.0289. The van der Waals surface area contributed by atoms with E-state index in [1.165, 1.54) is 0 Å². The first-order valence-corrected chi connectivity index (χ1v) is 9.83. The Balaban J connectivity index is 1.47. The van der Waals surface area contributed by atoms with Crippen LogP contribution in [0.15, 0.2) is 48.8 Å². The highest BCUT2D eigenvalue weighted by Gasteiger charge is 2.24. The summed E-state index contributed by atoms with van der Waals surface area (Å²) in [6.07, 6.45) is 3.93. The molecule has 1 aliphatic heterocycles. The third-order valence-electron chi connectivity index (χ3n) is 5.17. The molecule has 0 unspecified atom stereocenters. The number of aryl methyl sites for hydroxylation is 1. The van der Waals surface area contributed by atoms with E-state index in [1.807, 2.05) is 47.0 Å². The smallest absolute Gasteiger partial charge is 0.254 e. The molecule has 4 rings (SSSR count). The molecule has 156 valence electrons. The number of methoxy groups -OCH3 is 2. The number of benzene rings is 1. The van der Waals surface area contributed by atoms with E-state index in [-0.39, 0.29) is 5.91 Å². The highest BCUT2D eigenvalue weighted by Crippen LogP contribution is 2.24. The van der Waals surface area contributed by atoms with Gasteiger partial charge in [0.2, 0.25) is 0 Å². The van der Waals surface area contributed by atoms with Crippen LogP contribution in [0.25, 0.3) is 5.82 Å². The first-order valence-electron chi connectivity index (χ1n) is 9.83. The highest BCUT2D eigenvalue weighted by atomic mass is 16.5. The molecule has 3 aromatic rings. The van der Waals surface area contributed by atoms with Gasteiger partial charge in [0.25, 0.3) is 5.91 Å². The molecule has 1 amide bonds. The van der Waals surface area contributed by atoms with E-state index in [0.717, 1.165) is 17.5 Å². The molecular weight excluding hydrogens is 382 g/mol. The predicted molar refractivity (Wildman–Crippen MR) is 114 cm³/mol. The molecular formula is C22H25N5O3. The molecule has 0 radical (unpaired) electrons. The van der Waals surface area contributed by atoms with Gasteiger partial charge in [-0.25, -0.2) is 9.97 Å². The molecule has 0 saturated carbocycles. The van der Waals surface area contributed by atoms with Crippen LogP contribution in [-0.4, -0.2) is 65.7 Å². The number of hydrogen-bond donors (Lipinski definition) is 0. The minimum Gasteiger partial charge on any atom is -0.497 e. The van der Waals surface area contributed by atoms with Gasteiger partial charge in [0.05, 0.1) is 14.2 Å². The number of ether oxygens (including phenoxy) is 2. The molecule has 0 bridgehead atoms. The van der Waals surface area contributed by atoms with E-state index in [2.05, 4.69) is 14.9 Å². The summed E-state index contributed by atoms with van der Waals surface area (Å²) in [5.74, 6) is 3.61. The third kappa shape index (κ3) is 4.07. The Labute approximate surface area is 175 Å². The highest BCUT2D eigenvalue weighted by molar-refractivity contribution is 5.95. The van der Waals surface area contributed by atoms with Crippen molar-refractivity contribution in [3.8, 4) is 17.3 Å². The van der Waals surface area contributed by atoms with Crippen LogP contribution in [0.2, 0.25) is 0 Å². The normalized spacial score (nSPS) is 14.0. The average Bonchev–Trinajstić information content (AvgIpc) is 3.33. The summed E-state index contributed by atoms with van der Waals surface area (Å²) in [4.78, 5) is 26.2. The largest absolute Gasteiger partial charge is 0.497 e. The van der Waals surface area contributed by atoms with Gasteiger partial charge in [0, 0.05) is 56.3 Å². The quantitative estimate of drug-likeness (QED) is 0.647. The first kappa shape index (κ1) is 19.8. The van der Waals surface area contributed by atoms with Crippen LogP contribution in [0.4, 0.5) is 5.82 Å². The van der Waals surface area contributed by atoms with Crippen molar-refractivity contribution in [3.05, 3.63) is 60.2 Å². The van der Waals surface area contributed by atoms with Crippen LogP contribution < -0.4 is 14.4 Å². The molecule has 8 nitrogen and oxygen atoms in total. The lowest BCUT2D eigenvalue weighted by atomic mass is 10.1. The van der Waals surface area contributed by atoms with Crippen LogP contribution in [-0.2, 0) is 0 Å². The van der Waals surface area contributed by atoms with Crippen LogP contribution >= 0.6 is 0 Å². The fourth-order valence-electron chi connectivity index (χ4n) is 3.57. The number of rotatable bonds is 5. The second-order valence-corrected chi connectivity index (χ2v) is 7.10. The number of nitrogens with zero attached hydrogens (tertiary/aromatic N) is 5. The molecule has 1 fully saturated rings. The third-order valence-corrected chi connectivity index (χ3v) is 5.17. The molecule has 0 spiro atoms.